The predicted molar refractivity (Wildman–Crippen MR) is 68.0 cm³/mol. The molecule has 0 aliphatic heterocycles. The quantitative estimate of drug-likeness (QED) is 0.600. The molecule has 0 nitrogen and oxygen atoms in total. The number of alkyl halides is 1. The number of hydrogen-bond donors (Lipinski definition) is 0. The maximum atomic E-state index is 3.81. The van der Waals surface area contributed by atoms with Gasteiger partial charge in [0, 0.05) is 4.83 Å². The Bertz CT molecular complexity index is 136. The number of hydrogen-bond acceptors (Lipinski definition) is 0. The van der Waals surface area contributed by atoms with E-state index < -0.39 is 0 Å². The molecule has 1 heteroatoms. The summed E-state index contributed by atoms with van der Waals surface area (Å²) < 4.78 is 0. The first-order valence-corrected chi connectivity index (χ1v) is 7.24. The van der Waals surface area contributed by atoms with Crippen LogP contribution in [0.5, 0.6) is 0 Å². The summed E-state index contributed by atoms with van der Waals surface area (Å²) in [6.07, 6.45) is 11.7. The smallest absolute Gasteiger partial charge is 0.0148 e. The highest BCUT2D eigenvalue weighted by atomic mass is 79.9. The molecule has 84 valence electrons. The van der Waals surface area contributed by atoms with Crippen molar-refractivity contribution in [3.8, 4) is 0 Å². The molecule has 0 N–H and O–H groups in total. The minimum atomic E-state index is 0.768. The van der Waals surface area contributed by atoms with Crippen molar-refractivity contribution in [2.75, 3.05) is 0 Å². The van der Waals surface area contributed by atoms with Crippen LogP contribution >= 0.6 is 15.9 Å². The van der Waals surface area contributed by atoms with E-state index in [0.29, 0.717) is 0 Å². The van der Waals surface area contributed by atoms with Crippen LogP contribution < -0.4 is 0 Å². The largest absolute Gasteiger partial charge is 0.0891 e. The van der Waals surface area contributed by atoms with Gasteiger partial charge in [0.15, 0.2) is 0 Å². The van der Waals surface area contributed by atoms with Gasteiger partial charge >= 0.3 is 0 Å². The molecule has 0 aromatic carbocycles. The van der Waals surface area contributed by atoms with E-state index in [9.17, 15) is 0 Å². The van der Waals surface area contributed by atoms with Crippen molar-refractivity contribution in [3.63, 3.8) is 0 Å². The summed E-state index contributed by atoms with van der Waals surface area (Å²) in [5.41, 5.74) is 0. The van der Waals surface area contributed by atoms with Crippen LogP contribution in [0.2, 0.25) is 0 Å². The molecule has 0 radical (unpaired) electrons. The highest BCUT2D eigenvalue weighted by Crippen LogP contribution is 2.29. The van der Waals surface area contributed by atoms with E-state index in [1.165, 1.54) is 51.4 Å². The maximum Gasteiger partial charge on any atom is 0.0148 e. The van der Waals surface area contributed by atoms with Crippen molar-refractivity contribution in [1.29, 1.82) is 0 Å². The summed E-state index contributed by atoms with van der Waals surface area (Å²) >= 11 is 3.81. The molecule has 0 bridgehead atoms. The van der Waals surface area contributed by atoms with Crippen LogP contribution in [0.25, 0.3) is 0 Å². The van der Waals surface area contributed by atoms with Gasteiger partial charge in [-0.1, -0.05) is 61.9 Å². The fraction of sp³-hybridized carbons (Fsp3) is 1.00. The molecule has 0 heterocycles. The molecule has 1 fully saturated rings. The third kappa shape index (κ3) is 5.38. The second kappa shape index (κ2) is 6.87. The van der Waals surface area contributed by atoms with Crippen molar-refractivity contribution < 1.29 is 0 Å². The van der Waals surface area contributed by atoms with Crippen LogP contribution in [0.15, 0.2) is 0 Å². The normalized spacial score (nSPS) is 21.4. The second-order valence-corrected chi connectivity index (χ2v) is 6.60. The molecular weight excluding hydrogens is 236 g/mol. The third-order valence-corrected chi connectivity index (χ3v) is 4.17. The van der Waals surface area contributed by atoms with Gasteiger partial charge in [0.25, 0.3) is 0 Å². The van der Waals surface area contributed by atoms with E-state index in [4.69, 9.17) is 0 Å². The van der Waals surface area contributed by atoms with Crippen LogP contribution in [0.4, 0.5) is 0 Å². The first-order valence-electron chi connectivity index (χ1n) is 6.32. The Hall–Kier alpha value is 0.480. The minimum absolute atomic E-state index is 0.768. The van der Waals surface area contributed by atoms with Gasteiger partial charge in [0.05, 0.1) is 0 Å². The van der Waals surface area contributed by atoms with Gasteiger partial charge in [-0.05, 0) is 31.1 Å². The van der Waals surface area contributed by atoms with Crippen LogP contribution in [0.3, 0.4) is 0 Å². The summed E-state index contributed by atoms with van der Waals surface area (Å²) in [5, 5.41) is 0. The maximum absolute atomic E-state index is 3.81. The first-order chi connectivity index (χ1) is 6.68. The number of halogens is 1. The Morgan fingerprint density at radius 3 is 2.36 bits per heavy atom. The average molecular weight is 261 g/mol. The van der Waals surface area contributed by atoms with Crippen molar-refractivity contribution in [2.45, 2.75) is 70.0 Å². The van der Waals surface area contributed by atoms with Gasteiger partial charge in [-0.25, -0.2) is 0 Å². The van der Waals surface area contributed by atoms with Gasteiger partial charge in [-0.2, -0.15) is 0 Å². The van der Waals surface area contributed by atoms with Crippen LogP contribution in [0.1, 0.15) is 65.2 Å². The molecule has 1 aliphatic rings. The Morgan fingerprint density at radius 2 is 1.79 bits per heavy atom. The predicted octanol–water partition coefficient (Wildman–Crippen LogP) is 5.16. The molecular formula is C13H25Br. The Kier molecular flexibility index (Phi) is 6.16. The van der Waals surface area contributed by atoms with Gasteiger partial charge in [0.1, 0.15) is 0 Å². The van der Waals surface area contributed by atoms with Crippen molar-refractivity contribution in [1.82, 2.24) is 0 Å². The summed E-state index contributed by atoms with van der Waals surface area (Å²) in [6, 6.07) is 0. The Morgan fingerprint density at radius 1 is 1.14 bits per heavy atom. The van der Waals surface area contributed by atoms with Crippen molar-refractivity contribution >= 4 is 15.9 Å². The topological polar surface area (TPSA) is 0 Å². The number of rotatable bonds is 5. The third-order valence-electron chi connectivity index (χ3n) is 3.34. The minimum Gasteiger partial charge on any atom is -0.0891 e. The Labute approximate surface area is 98.0 Å². The molecule has 0 saturated heterocycles. The molecule has 1 unspecified atom stereocenters. The van der Waals surface area contributed by atoms with E-state index >= 15 is 0 Å². The van der Waals surface area contributed by atoms with Gasteiger partial charge in [-0.15, -0.1) is 0 Å². The molecule has 0 spiro atoms. The monoisotopic (exact) mass is 260 g/mol. The van der Waals surface area contributed by atoms with Gasteiger partial charge < -0.3 is 0 Å². The Balaban J connectivity index is 2.06. The van der Waals surface area contributed by atoms with E-state index in [0.717, 1.165) is 16.7 Å². The molecule has 14 heavy (non-hydrogen) atoms. The van der Waals surface area contributed by atoms with E-state index in [2.05, 4.69) is 29.8 Å². The zero-order valence-electron chi connectivity index (χ0n) is 9.77. The lowest BCUT2D eigenvalue weighted by atomic mass is 9.85. The summed E-state index contributed by atoms with van der Waals surface area (Å²) in [5.74, 6) is 1.89. The van der Waals surface area contributed by atoms with Crippen molar-refractivity contribution in [3.05, 3.63) is 0 Å². The molecule has 1 aliphatic carbocycles. The SMILES string of the molecule is CC(C)CC(Br)CCC1CCCCC1. The molecule has 1 saturated carbocycles. The van der Waals surface area contributed by atoms with E-state index in [1.807, 2.05) is 0 Å². The second-order valence-electron chi connectivity index (χ2n) is 5.31. The van der Waals surface area contributed by atoms with E-state index in [-0.39, 0.29) is 0 Å². The zero-order chi connectivity index (χ0) is 10.4. The average Bonchev–Trinajstić information content (AvgIpc) is 2.15. The lowest BCUT2D eigenvalue weighted by molar-refractivity contribution is 0.328. The highest BCUT2D eigenvalue weighted by molar-refractivity contribution is 9.09. The fourth-order valence-corrected chi connectivity index (χ4v) is 3.53. The zero-order valence-corrected chi connectivity index (χ0v) is 11.4. The van der Waals surface area contributed by atoms with Crippen LogP contribution in [-0.4, -0.2) is 4.83 Å². The van der Waals surface area contributed by atoms with Crippen molar-refractivity contribution in [2.24, 2.45) is 11.8 Å². The molecule has 0 aromatic heterocycles. The standard InChI is InChI=1S/C13H25Br/c1-11(2)10-13(14)9-8-12-6-4-3-5-7-12/h11-13H,3-10H2,1-2H3. The summed E-state index contributed by atoms with van der Waals surface area (Å²) in [4.78, 5) is 0.768. The van der Waals surface area contributed by atoms with Crippen LogP contribution in [0, 0.1) is 11.8 Å². The summed E-state index contributed by atoms with van der Waals surface area (Å²) in [7, 11) is 0. The van der Waals surface area contributed by atoms with Gasteiger partial charge in [0.2, 0.25) is 0 Å². The lowest BCUT2D eigenvalue weighted by Gasteiger charge is -2.22. The fourth-order valence-electron chi connectivity index (χ4n) is 2.52. The molecule has 0 amide bonds. The molecule has 0 aromatic rings. The molecule has 1 atom stereocenters. The lowest BCUT2D eigenvalue weighted by Crippen LogP contribution is -2.10. The van der Waals surface area contributed by atoms with Gasteiger partial charge in [-0.3, -0.25) is 0 Å². The summed E-state index contributed by atoms with van der Waals surface area (Å²) in [6.45, 7) is 4.63. The first kappa shape index (κ1) is 12.5. The molecule has 1 rings (SSSR count). The van der Waals surface area contributed by atoms with Crippen LogP contribution in [-0.2, 0) is 0 Å². The van der Waals surface area contributed by atoms with E-state index in [1.54, 1.807) is 0 Å². The highest BCUT2D eigenvalue weighted by Gasteiger charge is 2.15.